The summed E-state index contributed by atoms with van der Waals surface area (Å²) in [5, 5.41) is 28.2. The molecular formula is C10H13N5O3S. The van der Waals surface area contributed by atoms with Crippen LogP contribution >= 0.6 is 11.8 Å². The summed E-state index contributed by atoms with van der Waals surface area (Å²) >= 11 is 1.28. The molecule has 0 unspecified atom stereocenters. The van der Waals surface area contributed by atoms with Crippen molar-refractivity contribution in [1.82, 2.24) is 19.5 Å². The van der Waals surface area contributed by atoms with Crippen LogP contribution in [-0.2, 0) is 0 Å². The van der Waals surface area contributed by atoms with Crippen molar-refractivity contribution in [2.45, 2.75) is 22.8 Å². The number of anilines is 1. The number of hydrogen-bond acceptors (Lipinski definition) is 8. The van der Waals surface area contributed by atoms with Gasteiger partial charge in [-0.05, 0) is 0 Å². The van der Waals surface area contributed by atoms with Gasteiger partial charge in [0.15, 0.2) is 5.65 Å². The molecule has 1 saturated heterocycles. The van der Waals surface area contributed by atoms with Crippen LogP contribution in [0.5, 0.6) is 0 Å². The third-order valence-corrected chi connectivity index (χ3v) is 4.69. The van der Waals surface area contributed by atoms with Crippen LogP contribution in [0.3, 0.4) is 0 Å². The predicted molar refractivity (Wildman–Crippen MR) is 69.3 cm³/mol. The topological polar surface area (TPSA) is 130 Å². The van der Waals surface area contributed by atoms with E-state index in [1.54, 1.807) is 4.57 Å². The van der Waals surface area contributed by atoms with Crippen molar-refractivity contribution < 1.29 is 15.3 Å². The summed E-state index contributed by atoms with van der Waals surface area (Å²) in [4.78, 5) is 12.1. The van der Waals surface area contributed by atoms with Crippen LogP contribution in [0, 0.1) is 0 Å². The van der Waals surface area contributed by atoms with E-state index in [1.807, 2.05) is 0 Å². The lowest BCUT2D eigenvalue weighted by Crippen LogP contribution is -2.32. The number of fused-ring (bicyclic) bond motifs is 1. The first-order valence-corrected chi connectivity index (χ1v) is 6.63. The molecule has 3 heterocycles. The zero-order chi connectivity index (χ0) is 13.6. The van der Waals surface area contributed by atoms with Crippen LogP contribution in [0.1, 0.15) is 5.37 Å². The maximum Gasteiger partial charge on any atom is 0.222 e. The van der Waals surface area contributed by atoms with E-state index < -0.39 is 22.8 Å². The Bertz CT molecular complexity index is 606. The summed E-state index contributed by atoms with van der Waals surface area (Å²) < 4.78 is 1.64. The quantitative estimate of drug-likeness (QED) is 0.537. The normalized spacial score (nSPS) is 31.1. The standard InChI is InChI=1S/C10H13N5O3S/c11-10-12-1-4-8(14-10)15(3-13-4)9-7(18)6(17)5(2-16)19-9/h1,3,5-7,9,16-18H,2H2,(H2,11,12,14)/t5-,6+,7-,9-/m0/s1. The highest BCUT2D eigenvalue weighted by Crippen LogP contribution is 2.42. The second-order valence-electron chi connectivity index (χ2n) is 4.32. The maximum atomic E-state index is 10.1. The Morgan fingerprint density at radius 2 is 2.11 bits per heavy atom. The van der Waals surface area contributed by atoms with Crippen LogP contribution in [0.15, 0.2) is 12.5 Å². The second kappa shape index (κ2) is 4.60. The highest BCUT2D eigenvalue weighted by Gasteiger charge is 2.43. The lowest BCUT2D eigenvalue weighted by Gasteiger charge is -2.16. The average molecular weight is 283 g/mol. The van der Waals surface area contributed by atoms with E-state index in [4.69, 9.17) is 10.8 Å². The van der Waals surface area contributed by atoms with Gasteiger partial charge < -0.3 is 21.1 Å². The third-order valence-electron chi connectivity index (χ3n) is 3.13. The van der Waals surface area contributed by atoms with Crippen LogP contribution in [0.2, 0.25) is 0 Å². The molecule has 0 amide bonds. The number of aliphatic hydroxyl groups excluding tert-OH is 3. The Balaban J connectivity index is 2.03. The van der Waals surface area contributed by atoms with E-state index in [0.29, 0.717) is 11.2 Å². The molecule has 5 N–H and O–H groups in total. The van der Waals surface area contributed by atoms with Crippen molar-refractivity contribution in [1.29, 1.82) is 0 Å². The summed E-state index contributed by atoms with van der Waals surface area (Å²) in [6, 6.07) is 0. The van der Waals surface area contributed by atoms with Gasteiger partial charge in [-0.3, -0.25) is 4.57 Å². The molecule has 0 aliphatic carbocycles. The fourth-order valence-electron chi connectivity index (χ4n) is 2.14. The Hall–Kier alpha value is -1.42. The predicted octanol–water partition coefficient (Wildman–Crippen LogP) is -1.26. The van der Waals surface area contributed by atoms with Crippen molar-refractivity contribution in [3.63, 3.8) is 0 Å². The van der Waals surface area contributed by atoms with Crippen LogP contribution in [0.25, 0.3) is 11.2 Å². The smallest absolute Gasteiger partial charge is 0.222 e. The second-order valence-corrected chi connectivity index (χ2v) is 5.68. The number of imidazole rings is 1. The van der Waals surface area contributed by atoms with Gasteiger partial charge in [-0.15, -0.1) is 11.8 Å². The zero-order valence-electron chi connectivity index (χ0n) is 9.79. The van der Waals surface area contributed by atoms with Gasteiger partial charge in [-0.2, -0.15) is 4.98 Å². The Labute approximate surface area is 112 Å². The monoisotopic (exact) mass is 283 g/mol. The minimum atomic E-state index is -1.00. The molecule has 102 valence electrons. The average Bonchev–Trinajstić information content (AvgIpc) is 2.92. The summed E-state index contributed by atoms with van der Waals surface area (Å²) in [5.74, 6) is 0.117. The van der Waals surface area contributed by atoms with Gasteiger partial charge in [0.1, 0.15) is 17.0 Å². The first-order valence-electron chi connectivity index (χ1n) is 5.69. The van der Waals surface area contributed by atoms with Gasteiger partial charge in [0.05, 0.1) is 30.5 Å². The van der Waals surface area contributed by atoms with E-state index in [9.17, 15) is 10.2 Å². The van der Waals surface area contributed by atoms with Gasteiger partial charge in [-0.25, -0.2) is 9.97 Å². The van der Waals surface area contributed by atoms with Crippen molar-refractivity contribution in [3.05, 3.63) is 12.5 Å². The van der Waals surface area contributed by atoms with Crippen LogP contribution < -0.4 is 5.73 Å². The Morgan fingerprint density at radius 1 is 1.32 bits per heavy atom. The molecule has 0 saturated carbocycles. The first kappa shape index (κ1) is 12.6. The zero-order valence-corrected chi connectivity index (χ0v) is 10.6. The SMILES string of the molecule is Nc1ncc2ncn([C@H]3S[C@@H](CO)[C@@H](O)[C@@H]3O)c2n1. The summed E-state index contributed by atoms with van der Waals surface area (Å²) in [5.41, 5.74) is 6.60. The molecule has 1 fully saturated rings. The van der Waals surface area contributed by atoms with Gasteiger partial charge >= 0.3 is 0 Å². The number of aromatic nitrogens is 4. The fraction of sp³-hybridized carbons (Fsp3) is 0.500. The lowest BCUT2D eigenvalue weighted by molar-refractivity contribution is 0.0113. The third kappa shape index (κ3) is 1.94. The molecule has 0 aromatic carbocycles. The number of nitrogens with two attached hydrogens (primary N) is 1. The van der Waals surface area contributed by atoms with E-state index in [1.165, 1.54) is 24.3 Å². The van der Waals surface area contributed by atoms with Crippen molar-refractivity contribution in [2.75, 3.05) is 12.3 Å². The molecular weight excluding hydrogens is 270 g/mol. The van der Waals surface area contributed by atoms with Gasteiger partial charge in [0.2, 0.25) is 5.95 Å². The maximum absolute atomic E-state index is 10.1. The van der Waals surface area contributed by atoms with Crippen LogP contribution in [-0.4, -0.2) is 58.9 Å². The first-order chi connectivity index (χ1) is 9.11. The molecule has 0 radical (unpaired) electrons. The largest absolute Gasteiger partial charge is 0.395 e. The summed E-state index contributed by atoms with van der Waals surface area (Å²) in [6.07, 6.45) is 1.03. The molecule has 0 spiro atoms. The van der Waals surface area contributed by atoms with Crippen molar-refractivity contribution in [2.24, 2.45) is 0 Å². The van der Waals surface area contributed by atoms with Crippen molar-refractivity contribution in [3.8, 4) is 0 Å². The number of thioether (sulfide) groups is 1. The summed E-state index contributed by atoms with van der Waals surface area (Å²) in [7, 11) is 0. The molecule has 4 atom stereocenters. The number of aliphatic hydroxyl groups is 3. The number of rotatable bonds is 2. The lowest BCUT2D eigenvalue weighted by atomic mass is 10.1. The minimum Gasteiger partial charge on any atom is -0.395 e. The summed E-state index contributed by atoms with van der Waals surface area (Å²) in [6.45, 7) is -0.205. The number of nitrogen functional groups attached to an aromatic ring is 1. The molecule has 19 heavy (non-hydrogen) atoms. The van der Waals surface area contributed by atoms with E-state index >= 15 is 0 Å². The molecule has 2 aromatic rings. The molecule has 2 aromatic heterocycles. The van der Waals surface area contributed by atoms with Crippen molar-refractivity contribution >= 4 is 28.9 Å². The molecule has 0 bridgehead atoms. The van der Waals surface area contributed by atoms with Gasteiger partial charge in [-0.1, -0.05) is 0 Å². The molecule has 1 aliphatic rings. The van der Waals surface area contributed by atoms with Gasteiger partial charge in [0, 0.05) is 0 Å². The Kier molecular flexibility index (Phi) is 3.05. The van der Waals surface area contributed by atoms with Gasteiger partial charge in [0.25, 0.3) is 0 Å². The molecule has 9 heteroatoms. The van der Waals surface area contributed by atoms with E-state index in [0.717, 1.165) is 0 Å². The number of nitrogens with zero attached hydrogens (tertiary/aromatic N) is 4. The fourth-order valence-corrected chi connectivity index (χ4v) is 3.51. The minimum absolute atomic E-state index is 0.117. The molecule has 3 rings (SSSR count). The molecule has 1 aliphatic heterocycles. The number of hydrogen-bond donors (Lipinski definition) is 4. The van der Waals surface area contributed by atoms with E-state index in [2.05, 4.69) is 15.0 Å². The highest BCUT2D eigenvalue weighted by atomic mass is 32.2. The molecule has 8 nitrogen and oxygen atoms in total. The van der Waals surface area contributed by atoms with E-state index in [-0.39, 0.29) is 12.6 Å². The highest BCUT2D eigenvalue weighted by molar-refractivity contribution is 8.00. The Morgan fingerprint density at radius 3 is 2.79 bits per heavy atom. The van der Waals surface area contributed by atoms with Crippen LogP contribution in [0.4, 0.5) is 5.95 Å².